The zero-order valence-corrected chi connectivity index (χ0v) is 12.0. The Balaban J connectivity index is 1.69. The van der Waals surface area contributed by atoms with Crippen LogP contribution in [0.3, 0.4) is 0 Å². The SMILES string of the molecule is Cc1nc(C(=O)NCC2CCCO2)nn1-c1ccccc1. The number of hydrogen-bond donors (Lipinski definition) is 1. The van der Waals surface area contributed by atoms with Crippen LogP contribution >= 0.6 is 0 Å². The van der Waals surface area contributed by atoms with E-state index in [1.54, 1.807) is 4.68 Å². The second kappa shape index (κ2) is 6.05. The van der Waals surface area contributed by atoms with Crippen molar-refractivity contribution in [2.24, 2.45) is 0 Å². The topological polar surface area (TPSA) is 69.0 Å². The summed E-state index contributed by atoms with van der Waals surface area (Å²) in [5.41, 5.74) is 0.890. The molecular weight excluding hydrogens is 268 g/mol. The van der Waals surface area contributed by atoms with E-state index in [9.17, 15) is 4.79 Å². The zero-order valence-electron chi connectivity index (χ0n) is 12.0. The van der Waals surface area contributed by atoms with Gasteiger partial charge in [-0.3, -0.25) is 4.79 Å². The lowest BCUT2D eigenvalue weighted by Crippen LogP contribution is -2.32. The van der Waals surface area contributed by atoms with E-state index in [1.165, 1.54) is 0 Å². The summed E-state index contributed by atoms with van der Waals surface area (Å²) in [5.74, 6) is 0.612. The maximum atomic E-state index is 12.1. The first-order valence-corrected chi connectivity index (χ1v) is 7.13. The molecule has 21 heavy (non-hydrogen) atoms. The van der Waals surface area contributed by atoms with E-state index in [0.717, 1.165) is 25.1 Å². The molecule has 0 radical (unpaired) electrons. The fraction of sp³-hybridized carbons (Fsp3) is 0.400. The van der Waals surface area contributed by atoms with Crippen molar-refractivity contribution in [3.63, 3.8) is 0 Å². The van der Waals surface area contributed by atoms with E-state index in [0.29, 0.717) is 12.4 Å². The Hall–Kier alpha value is -2.21. The van der Waals surface area contributed by atoms with Crippen molar-refractivity contribution in [1.82, 2.24) is 20.1 Å². The summed E-state index contributed by atoms with van der Waals surface area (Å²) in [4.78, 5) is 16.3. The Morgan fingerprint density at radius 2 is 2.24 bits per heavy atom. The molecular formula is C15H18N4O2. The van der Waals surface area contributed by atoms with Crippen molar-refractivity contribution >= 4 is 5.91 Å². The maximum absolute atomic E-state index is 12.1. The Morgan fingerprint density at radius 1 is 1.43 bits per heavy atom. The average molecular weight is 286 g/mol. The summed E-state index contributed by atoms with van der Waals surface area (Å²) in [5, 5.41) is 7.11. The molecule has 2 aromatic rings. The summed E-state index contributed by atoms with van der Waals surface area (Å²) in [6.07, 6.45) is 2.16. The van der Waals surface area contributed by atoms with Crippen molar-refractivity contribution in [3.05, 3.63) is 42.0 Å². The number of amides is 1. The number of ether oxygens (including phenoxy) is 1. The molecule has 2 heterocycles. The Morgan fingerprint density at radius 3 is 2.95 bits per heavy atom. The van der Waals surface area contributed by atoms with Gasteiger partial charge in [0.05, 0.1) is 11.8 Å². The van der Waals surface area contributed by atoms with Gasteiger partial charge in [0.15, 0.2) is 0 Å². The normalized spacial score (nSPS) is 17.9. The van der Waals surface area contributed by atoms with Gasteiger partial charge in [0, 0.05) is 13.2 Å². The number of aryl methyl sites for hydroxylation is 1. The van der Waals surface area contributed by atoms with E-state index in [-0.39, 0.29) is 17.8 Å². The highest BCUT2D eigenvalue weighted by Gasteiger charge is 2.19. The summed E-state index contributed by atoms with van der Waals surface area (Å²) < 4.78 is 7.14. The molecule has 3 rings (SSSR count). The molecule has 6 nitrogen and oxygen atoms in total. The van der Waals surface area contributed by atoms with Crippen LogP contribution in [-0.2, 0) is 4.74 Å². The van der Waals surface area contributed by atoms with Crippen molar-refractivity contribution in [2.75, 3.05) is 13.2 Å². The molecule has 0 saturated carbocycles. The molecule has 1 aromatic heterocycles. The van der Waals surface area contributed by atoms with Crippen LogP contribution in [0.2, 0.25) is 0 Å². The molecule has 1 saturated heterocycles. The number of carbonyl (C=O) groups is 1. The summed E-state index contributed by atoms with van der Waals surface area (Å²) >= 11 is 0. The van der Waals surface area contributed by atoms with Crippen molar-refractivity contribution < 1.29 is 9.53 Å². The minimum Gasteiger partial charge on any atom is -0.376 e. The minimum atomic E-state index is -0.261. The largest absolute Gasteiger partial charge is 0.376 e. The van der Waals surface area contributed by atoms with Gasteiger partial charge in [0.2, 0.25) is 5.82 Å². The molecule has 0 bridgehead atoms. The maximum Gasteiger partial charge on any atom is 0.291 e. The standard InChI is InChI=1S/C15H18N4O2/c1-11-17-14(15(20)16-10-13-8-5-9-21-13)18-19(11)12-6-3-2-4-7-12/h2-4,6-7,13H,5,8-10H2,1H3,(H,16,20). The van der Waals surface area contributed by atoms with Crippen LogP contribution in [0.25, 0.3) is 5.69 Å². The highest BCUT2D eigenvalue weighted by Crippen LogP contribution is 2.11. The van der Waals surface area contributed by atoms with Gasteiger partial charge in [-0.25, -0.2) is 9.67 Å². The summed E-state index contributed by atoms with van der Waals surface area (Å²) in [7, 11) is 0. The molecule has 1 amide bonds. The van der Waals surface area contributed by atoms with Crippen LogP contribution in [0.5, 0.6) is 0 Å². The fourth-order valence-corrected chi connectivity index (χ4v) is 2.39. The molecule has 1 N–H and O–H groups in total. The van der Waals surface area contributed by atoms with Crippen molar-refractivity contribution in [3.8, 4) is 5.69 Å². The quantitative estimate of drug-likeness (QED) is 0.924. The van der Waals surface area contributed by atoms with Crippen molar-refractivity contribution in [1.29, 1.82) is 0 Å². The lowest BCUT2D eigenvalue weighted by atomic mass is 10.2. The van der Waals surface area contributed by atoms with Gasteiger partial charge in [0.1, 0.15) is 5.82 Å². The molecule has 0 spiro atoms. The van der Waals surface area contributed by atoms with E-state index in [4.69, 9.17) is 4.74 Å². The number of carbonyl (C=O) groups excluding carboxylic acids is 1. The first-order valence-electron chi connectivity index (χ1n) is 7.13. The molecule has 1 aliphatic rings. The Labute approximate surface area is 123 Å². The molecule has 0 aliphatic carbocycles. The number of hydrogen-bond acceptors (Lipinski definition) is 4. The van der Waals surface area contributed by atoms with E-state index in [1.807, 2.05) is 37.3 Å². The first kappa shape index (κ1) is 13.8. The van der Waals surface area contributed by atoms with Crippen LogP contribution in [0.4, 0.5) is 0 Å². The predicted molar refractivity (Wildman–Crippen MR) is 77.4 cm³/mol. The van der Waals surface area contributed by atoms with Gasteiger partial charge in [-0.1, -0.05) is 18.2 Å². The number of rotatable bonds is 4. The van der Waals surface area contributed by atoms with Crippen LogP contribution in [0, 0.1) is 6.92 Å². The smallest absolute Gasteiger partial charge is 0.291 e. The number of nitrogens with one attached hydrogen (secondary N) is 1. The number of para-hydroxylation sites is 1. The molecule has 1 atom stereocenters. The second-order valence-electron chi connectivity index (χ2n) is 5.08. The van der Waals surface area contributed by atoms with Gasteiger partial charge in [-0.15, -0.1) is 5.10 Å². The molecule has 1 aromatic carbocycles. The Kier molecular flexibility index (Phi) is 3.96. The predicted octanol–water partition coefficient (Wildman–Crippen LogP) is 1.48. The highest BCUT2D eigenvalue weighted by molar-refractivity contribution is 5.90. The van der Waals surface area contributed by atoms with Gasteiger partial charge in [-0.05, 0) is 31.9 Å². The van der Waals surface area contributed by atoms with Gasteiger partial charge >= 0.3 is 0 Å². The lowest BCUT2D eigenvalue weighted by Gasteiger charge is -2.08. The minimum absolute atomic E-state index is 0.117. The number of nitrogens with zero attached hydrogens (tertiary/aromatic N) is 3. The van der Waals surface area contributed by atoms with E-state index < -0.39 is 0 Å². The number of aromatic nitrogens is 3. The number of benzene rings is 1. The van der Waals surface area contributed by atoms with E-state index >= 15 is 0 Å². The van der Waals surface area contributed by atoms with Crippen LogP contribution in [0.15, 0.2) is 30.3 Å². The highest BCUT2D eigenvalue weighted by atomic mass is 16.5. The fourth-order valence-electron chi connectivity index (χ4n) is 2.39. The van der Waals surface area contributed by atoms with Gasteiger partial charge in [0.25, 0.3) is 5.91 Å². The molecule has 1 unspecified atom stereocenters. The monoisotopic (exact) mass is 286 g/mol. The third-order valence-corrected chi connectivity index (χ3v) is 3.49. The third kappa shape index (κ3) is 3.11. The average Bonchev–Trinajstić information content (AvgIpc) is 3.15. The van der Waals surface area contributed by atoms with Crippen LogP contribution in [0.1, 0.15) is 29.3 Å². The summed E-state index contributed by atoms with van der Waals surface area (Å²) in [6, 6.07) is 9.64. The summed E-state index contributed by atoms with van der Waals surface area (Å²) in [6.45, 7) is 3.12. The van der Waals surface area contributed by atoms with Crippen LogP contribution in [-0.4, -0.2) is 39.9 Å². The molecule has 6 heteroatoms. The van der Waals surface area contributed by atoms with Gasteiger partial charge < -0.3 is 10.1 Å². The van der Waals surface area contributed by atoms with Crippen LogP contribution < -0.4 is 5.32 Å². The molecule has 110 valence electrons. The van der Waals surface area contributed by atoms with E-state index in [2.05, 4.69) is 15.4 Å². The molecule has 1 aliphatic heterocycles. The lowest BCUT2D eigenvalue weighted by molar-refractivity contribution is 0.0849. The first-order chi connectivity index (χ1) is 10.2. The second-order valence-corrected chi connectivity index (χ2v) is 5.08. The Bertz CT molecular complexity index is 618. The van der Waals surface area contributed by atoms with Gasteiger partial charge in [-0.2, -0.15) is 0 Å². The van der Waals surface area contributed by atoms with Crippen molar-refractivity contribution in [2.45, 2.75) is 25.9 Å². The molecule has 1 fully saturated rings. The zero-order chi connectivity index (χ0) is 14.7. The third-order valence-electron chi connectivity index (χ3n) is 3.49.